The maximum Gasteiger partial charge on any atom is 0.164 e. The minimum atomic E-state index is 0.614. The lowest BCUT2D eigenvalue weighted by molar-refractivity contribution is 0.669. The molecule has 0 bridgehead atoms. The van der Waals surface area contributed by atoms with E-state index in [0.29, 0.717) is 17.5 Å². The summed E-state index contributed by atoms with van der Waals surface area (Å²) < 4.78 is 8.65. The lowest BCUT2D eigenvalue weighted by atomic mass is 9.91. The van der Waals surface area contributed by atoms with Gasteiger partial charge < -0.3 is 8.98 Å². The second-order valence-electron chi connectivity index (χ2n) is 15.9. The molecule has 0 aliphatic carbocycles. The molecule has 3 aromatic heterocycles. The smallest absolute Gasteiger partial charge is 0.164 e. The molecule has 0 unspecified atom stereocenters. The molecule has 0 saturated carbocycles. The minimum absolute atomic E-state index is 0.614. The van der Waals surface area contributed by atoms with Crippen LogP contribution >= 0.6 is 0 Å². The summed E-state index contributed by atoms with van der Waals surface area (Å²) in [5, 5.41) is 11.7. The average molecular weight is 791 g/mol. The Bertz CT molecular complexity index is 3870. The maximum absolute atomic E-state index is 6.20. The standard InChI is InChI=1S/C57H34N4O/c1-3-15-35(16-4-1)55-58-56(36-17-5-2-6-18-36)60-57(59-55)39-33-48-42-21-8-7-19-40(42)41-20-9-10-24-45(41)54(48)51(34-39)61-49-25-13-11-22-43(49)46-31-37(27-29-50(46)61)38-28-30-53-47(32-38)44-23-12-14-26-52(44)62-53/h1-34H. The molecule has 5 heteroatoms. The number of aromatic nitrogens is 4. The Labute approximate surface area is 355 Å². The lowest BCUT2D eigenvalue weighted by Crippen LogP contribution is -2.02. The number of hydrogen-bond acceptors (Lipinski definition) is 4. The summed E-state index contributed by atoms with van der Waals surface area (Å²) in [5.41, 5.74) is 10.2. The van der Waals surface area contributed by atoms with Crippen LogP contribution in [0, 0.1) is 0 Å². The first-order valence-electron chi connectivity index (χ1n) is 20.9. The van der Waals surface area contributed by atoms with E-state index in [1.165, 1.54) is 37.7 Å². The molecule has 13 rings (SSSR count). The molecule has 10 aromatic carbocycles. The molecule has 62 heavy (non-hydrogen) atoms. The summed E-state index contributed by atoms with van der Waals surface area (Å²) in [6.45, 7) is 0. The van der Waals surface area contributed by atoms with Crippen LogP contribution in [0.15, 0.2) is 211 Å². The van der Waals surface area contributed by atoms with Gasteiger partial charge in [-0.3, -0.25) is 0 Å². The Hall–Kier alpha value is -8.41. The second kappa shape index (κ2) is 13.6. The van der Waals surface area contributed by atoms with E-state index < -0.39 is 0 Å². The van der Waals surface area contributed by atoms with Gasteiger partial charge in [-0.15, -0.1) is 0 Å². The topological polar surface area (TPSA) is 56.7 Å². The molecule has 0 atom stereocenters. The number of hydrogen-bond donors (Lipinski definition) is 0. The van der Waals surface area contributed by atoms with E-state index in [1.807, 2.05) is 48.5 Å². The highest BCUT2D eigenvalue weighted by Gasteiger charge is 2.22. The predicted molar refractivity (Wildman–Crippen MR) is 256 cm³/mol. The Morgan fingerprint density at radius 3 is 1.45 bits per heavy atom. The Morgan fingerprint density at radius 1 is 0.290 bits per heavy atom. The summed E-state index contributed by atoms with van der Waals surface area (Å²) in [7, 11) is 0. The molecule has 3 heterocycles. The molecular formula is C57H34N4O. The fourth-order valence-corrected chi connectivity index (χ4v) is 9.57. The maximum atomic E-state index is 6.20. The van der Waals surface area contributed by atoms with Crippen molar-refractivity contribution in [2.75, 3.05) is 0 Å². The van der Waals surface area contributed by atoms with Crippen LogP contribution in [0.1, 0.15) is 0 Å². The zero-order valence-corrected chi connectivity index (χ0v) is 33.3. The van der Waals surface area contributed by atoms with Crippen LogP contribution in [0.5, 0.6) is 0 Å². The van der Waals surface area contributed by atoms with Crippen molar-refractivity contribution < 1.29 is 4.42 Å². The van der Waals surface area contributed by atoms with Gasteiger partial charge in [-0.25, -0.2) is 15.0 Å². The number of para-hydroxylation sites is 2. The van der Waals surface area contributed by atoms with E-state index in [1.54, 1.807) is 0 Å². The highest BCUT2D eigenvalue weighted by atomic mass is 16.3. The fraction of sp³-hybridized carbons (Fsp3) is 0. The average Bonchev–Trinajstić information content (AvgIpc) is 3.89. The van der Waals surface area contributed by atoms with Gasteiger partial charge in [-0.05, 0) is 86.6 Å². The van der Waals surface area contributed by atoms with E-state index in [0.717, 1.165) is 71.9 Å². The van der Waals surface area contributed by atoms with Crippen molar-refractivity contribution in [3.05, 3.63) is 206 Å². The number of rotatable bonds is 5. The number of fused-ring (bicyclic) bond motifs is 12. The van der Waals surface area contributed by atoms with Crippen LogP contribution < -0.4 is 0 Å². The van der Waals surface area contributed by atoms with E-state index >= 15 is 0 Å². The van der Waals surface area contributed by atoms with Gasteiger partial charge in [-0.2, -0.15) is 0 Å². The van der Waals surface area contributed by atoms with Gasteiger partial charge in [0.05, 0.1) is 16.7 Å². The number of furan rings is 1. The van der Waals surface area contributed by atoms with Gasteiger partial charge >= 0.3 is 0 Å². The molecule has 0 spiro atoms. The molecule has 0 aliphatic heterocycles. The van der Waals surface area contributed by atoms with Gasteiger partial charge in [0.2, 0.25) is 0 Å². The highest BCUT2D eigenvalue weighted by molar-refractivity contribution is 6.28. The van der Waals surface area contributed by atoms with Gasteiger partial charge in [0.15, 0.2) is 17.5 Å². The van der Waals surface area contributed by atoms with Crippen molar-refractivity contribution in [3.63, 3.8) is 0 Å². The van der Waals surface area contributed by atoms with Crippen LogP contribution in [-0.4, -0.2) is 19.5 Å². The van der Waals surface area contributed by atoms with Crippen LogP contribution in [0.4, 0.5) is 0 Å². The molecular weight excluding hydrogens is 757 g/mol. The Kier molecular flexibility index (Phi) is 7.54. The lowest BCUT2D eigenvalue weighted by Gasteiger charge is -2.18. The van der Waals surface area contributed by atoms with E-state index in [9.17, 15) is 0 Å². The molecule has 288 valence electrons. The summed E-state index contributed by atoms with van der Waals surface area (Å²) in [6, 6.07) is 72.9. The SMILES string of the molecule is c1ccc(-c2nc(-c3ccccc3)nc(-c3cc(-n4c5ccccc5c5cc(-c6ccc7oc8ccccc8c7c6)ccc54)c4c5ccccc5c5ccccc5c4c3)n2)cc1. The second-order valence-corrected chi connectivity index (χ2v) is 15.9. The first-order valence-corrected chi connectivity index (χ1v) is 20.9. The van der Waals surface area contributed by atoms with Crippen LogP contribution in [-0.2, 0) is 0 Å². The Morgan fingerprint density at radius 2 is 0.758 bits per heavy atom. The predicted octanol–water partition coefficient (Wildman–Crippen LogP) is 15.0. The van der Waals surface area contributed by atoms with E-state index in [4.69, 9.17) is 19.4 Å². The monoisotopic (exact) mass is 790 g/mol. The van der Waals surface area contributed by atoms with Crippen molar-refractivity contribution in [1.29, 1.82) is 0 Å². The molecule has 0 saturated heterocycles. The molecule has 0 N–H and O–H groups in total. The Balaban J connectivity index is 1.12. The molecule has 13 aromatic rings. The summed E-state index contributed by atoms with van der Waals surface area (Å²) in [4.78, 5) is 15.5. The quantitative estimate of drug-likeness (QED) is 0.163. The summed E-state index contributed by atoms with van der Waals surface area (Å²) in [6.07, 6.45) is 0. The van der Waals surface area contributed by atoms with Crippen molar-refractivity contribution in [2.24, 2.45) is 0 Å². The third-order valence-corrected chi connectivity index (χ3v) is 12.4. The van der Waals surface area contributed by atoms with Crippen molar-refractivity contribution in [3.8, 4) is 51.0 Å². The summed E-state index contributed by atoms with van der Waals surface area (Å²) in [5.74, 6) is 1.87. The van der Waals surface area contributed by atoms with Gasteiger partial charge in [0, 0.05) is 43.6 Å². The van der Waals surface area contributed by atoms with Crippen LogP contribution in [0.25, 0.3) is 127 Å². The zero-order chi connectivity index (χ0) is 40.7. The molecule has 0 amide bonds. The van der Waals surface area contributed by atoms with Crippen molar-refractivity contribution in [1.82, 2.24) is 19.5 Å². The van der Waals surface area contributed by atoms with Crippen LogP contribution in [0.3, 0.4) is 0 Å². The van der Waals surface area contributed by atoms with E-state index in [2.05, 4.69) is 162 Å². The minimum Gasteiger partial charge on any atom is -0.456 e. The zero-order valence-electron chi connectivity index (χ0n) is 33.3. The van der Waals surface area contributed by atoms with Crippen molar-refractivity contribution in [2.45, 2.75) is 0 Å². The fourth-order valence-electron chi connectivity index (χ4n) is 9.57. The van der Waals surface area contributed by atoms with Crippen LogP contribution in [0.2, 0.25) is 0 Å². The normalized spacial score (nSPS) is 11.9. The van der Waals surface area contributed by atoms with Crippen molar-refractivity contribution >= 4 is 76.1 Å². The molecule has 0 radical (unpaired) electrons. The number of benzene rings is 10. The molecule has 0 fully saturated rings. The molecule has 0 aliphatic rings. The van der Waals surface area contributed by atoms with Gasteiger partial charge in [0.1, 0.15) is 11.2 Å². The van der Waals surface area contributed by atoms with Gasteiger partial charge in [0.25, 0.3) is 0 Å². The third kappa shape index (κ3) is 5.32. The highest BCUT2D eigenvalue weighted by Crippen LogP contribution is 2.44. The third-order valence-electron chi connectivity index (χ3n) is 12.4. The molecule has 5 nitrogen and oxygen atoms in total. The largest absolute Gasteiger partial charge is 0.456 e. The first-order chi connectivity index (χ1) is 30.7. The van der Waals surface area contributed by atoms with E-state index in [-0.39, 0.29) is 0 Å². The first kappa shape index (κ1) is 34.5. The van der Waals surface area contributed by atoms with Gasteiger partial charge in [-0.1, -0.05) is 158 Å². The summed E-state index contributed by atoms with van der Waals surface area (Å²) >= 11 is 0. The number of nitrogens with zero attached hydrogens (tertiary/aromatic N) is 4.